The van der Waals surface area contributed by atoms with Crippen LogP contribution in [0.15, 0.2) is 191 Å². The first-order valence-electron chi connectivity index (χ1n) is 19.0. The van der Waals surface area contributed by atoms with Crippen LogP contribution in [-0.2, 0) is 0 Å². The van der Waals surface area contributed by atoms with Crippen molar-refractivity contribution < 1.29 is 8.83 Å². The lowest BCUT2D eigenvalue weighted by atomic mass is 9.95. The van der Waals surface area contributed by atoms with Gasteiger partial charge in [-0.1, -0.05) is 115 Å². The second-order valence-corrected chi connectivity index (χ2v) is 14.4. The highest BCUT2D eigenvalue weighted by molar-refractivity contribution is 6.16. The van der Waals surface area contributed by atoms with Crippen LogP contribution in [0.25, 0.3) is 117 Å². The fourth-order valence-electron chi connectivity index (χ4n) is 8.42. The van der Waals surface area contributed by atoms with Crippen molar-refractivity contribution in [2.75, 3.05) is 0 Å². The Morgan fingerprint density at radius 1 is 0.333 bits per heavy atom. The fourth-order valence-corrected chi connectivity index (χ4v) is 8.42. The molecule has 0 aliphatic heterocycles. The molecule has 6 heteroatoms. The van der Waals surface area contributed by atoms with Crippen molar-refractivity contribution in [3.8, 4) is 51.0 Å². The molecule has 57 heavy (non-hydrogen) atoms. The lowest BCUT2D eigenvalue weighted by Gasteiger charge is -2.11. The Balaban J connectivity index is 1.10. The van der Waals surface area contributed by atoms with Crippen molar-refractivity contribution in [2.45, 2.75) is 0 Å². The zero-order chi connectivity index (χ0) is 37.5. The largest absolute Gasteiger partial charge is 0.456 e. The predicted octanol–water partition coefficient (Wildman–Crippen LogP) is 13.4. The minimum absolute atomic E-state index is 0.550. The van der Waals surface area contributed by atoms with E-state index in [1.807, 2.05) is 66.7 Å². The van der Waals surface area contributed by atoms with Crippen LogP contribution in [0.3, 0.4) is 0 Å². The van der Waals surface area contributed by atoms with E-state index in [-0.39, 0.29) is 0 Å². The number of aromatic nitrogens is 4. The van der Waals surface area contributed by atoms with Crippen LogP contribution in [0.5, 0.6) is 0 Å². The quantitative estimate of drug-likeness (QED) is 0.176. The summed E-state index contributed by atoms with van der Waals surface area (Å²) in [4.78, 5) is 15.3. The summed E-state index contributed by atoms with van der Waals surface area (Å²) in [7, 11) is 0. The Bertz CT molecular complexity index is 3530. The van der Waals surface area contributed by atoms with Crippen molar-refractivity contribution in [3.05, 3.63) is 182 Å². The number of hydrogen-bond donors (Lipinski definition) is 0. The summed E-state index contributed by atoms with van der Waals surface area (Å²) in [6, 6.07) is 62.8. The zero-order valence-corrected chi connectivity index (χ0v) is 30.4. The highest BCUT2D eigenvalue weighted by atomic mass is 16.3. The van der Waals surface area contributed by atoms with E-state index in [2.05, 4.69) is 120 Å². The minimum Gasteiger partial charge on any atom is -0.456 e. The van der Waals surface area contributed by atoms with E-state index in [0.29, 0.717) is 17.5 Å². The SMILES string of the molecule is c1ccc(-c2nc(-c3ccc4c(c3)oc3ccccc34)nc(-c3cc(-c4ccc5c(c4)c4ccccc4n5-c4ccccc4)c4c(c3)oc3ccccc34)n2)cc1. The van der Waals surface area contributed by atoms with Gasteiger partial charge in [-0.05, 0) is 77.9 Å². The van der Waals surface area contributed by atoms with Gasteiger partial charge in [0.15, 0.2) is 17.5 Å². The first-order chi connectivity index (χ1) is 28.2. The van der Waals surface area contributed by atoms with Gasteiger partial charge in [0.2, 0.25) is 0 Å². The van der Waals surface area contributed by atoms with Gasteiger partial charge in [0.1, 0.15) is 22.3 Å². The smallest absolute Gasteiger partial charge is 0.164 e. The maximum absolute atomic E-state index is 6.62. The number of rotatable bonds is 5. The molecule has 4 heterocycles. The van der Waals surface area contributed by atoms with Gasteiger partial charge in [-0.3, -0.25) is 0 Å². The van der Waals surface area contributed by atoms with Gasteiger partial charge in [-0.15, -0.1) is 0 Å². The van der Waals surface area contributed by atoms with Gasteiger partial charge in [0.25, 0.3) is 0 Å². The fraction of sp³-hybridized carbons (Fsp3) is 0. The van der Waals surface area contributed by atoms with Crippen LogP contribution in [0.4, 0.5) is 0 Å². The van der Waals surface area contributed by atoms with Crippen LogP contribution < -0.4 is 0 Å². The van der Waals surface area contributed by atoms with Crippen LogP contribution in [-0.4, -0.2) is 19.5 Å². The summed E-state index contributed by atoms with van der Waals surface area (Å²) < 4.78 is 15.2. The summed E-state index contributed by atoms with van der Waals surface area (Å²) in [5, 5.41) is 6.60. The van der Waals surface area contributed by atoms with Crippen LogP contribution in [0.1, 0.15) is 0 Å². The molecule has 0 N–H and O–H groups in total. The van der Waals surface area contributed by atoms with Crippen molar-refractivity contribution >= 4 is 65.7 Å². The number of furan rings is 2. The molecule has 0 unspecified atom stereocenters. The van der Waals surface area contributed by atoms with Crippen molar-refractivity contribution in [1.29, 1.82) is 0 Å². The summed E-state index contributed by atoms with van der Waals surface area (Å²) in [6.07, 6.45) is 0. The molecule has 0 spiro atoms. The topological polar surface area (TPSA) is 69.9 Å². The molecule has 0 aliphatic carbocycles. The Morgan fingerprint density at radius 2 is 0.895 bits per heavy atom. The molecule has 0 amide bonds. The maximum Gasteiger partial charge on any atom is 0.164 e. The molecule has 12 aromatic rings. The average Bonchev–Trinajstić information content (AvgIpc) is 3.95. The molecule has 12 rings (SSSR count). The van der Waals surface area contributed by atoms with Crippen LogP contribution in [0, 0.1) is 0 Å². The molecule has 0 bridgehead atoms. The highest BCUT2D eigenvalue weighted by Crippen LogP contribution is 2.42. The summed E-state index contributed by atoms with van der Waals surface area (Å²) in [5.41, 5.74) is 11.3. The minimum atomic E-state index is 0.550. The molecule has 266 valence electrons. The molecule has 4 aromatic heterocycles. The van der Waals surface area contributed by atoms with Crippen LogP contribution in [0.2, 0.25) is 0 Å². The van der Waals surface area contributed by atoms with E-state index >= 15 is 0 Å². The van der Waals surface area contributed by atoms with Gasteiger partial charge in [-0.25, -0.2) is 15.0 Å². The number of hydrogen-bond acceptors (Lipinski definition) is 5. The molecular formula is C51H30N4O2. The zero-order valence-electron chi connectivity index (χ0n) is 30.4. The van der Waals surface area contributed by atoms with E-state index in [1.54, 1.807) is 0 Å². The van der Waals surface area contributed by atoms with Gasteiger partial charge < -0.3 is 13.4 Å². The molecule has 0 atom stereocenters. The maximum atomic E-state index is 6.62. The third-order valence-electron chi connectivity index (χ3n) is 11.0. The Kier molecular flexibility index (Phi) is 6.83. The normalized spacial score (nSPS) is 11.9. The molecular weight excluding hydrogens is 701 g/mol. The number of benzene rings is 8. The van der Waals surface area contributed by atoms with E-state index < -0.39 is 0 Å². The molecule has 6 nitrogen and oxygen atoms in total. The third kappa shape index (κ3) is 5.01. The van der Waals surface area contributed by atoms with Gasteiger partial charge >= 0.3 is 0 Å². The lowest BCUT2D eigenvalue weighted by molar-refractivity contribution is 0.668. The van der Waals surface area contributed by atoms with Gasteiger partial charge in [-0.2, -0.15) is 0 Å². The first kappa shape index (κ1) is 31.5. The summed E-state index contributed by atoms with van der Waals surface area (Å²) in [6.45, 7) is 0. The van der Waals surface area contributed by atoms with Gasteiger partial charge in [0.05, 0.1) is 11.0 Å². The Morgan fingerprint density at radius 3 is 1.70 bits per heavy atom. The highest BCUT2D eigenvalue weighted by Gasteiger charge is 2.21. The van der Waals surface area contributed by atoms with Crippen LogP contribution >= 0.6 is 0 Å². The molecule has 0 radical (unpaired) electrons. The molecule has 0 saturated heterocycles. The van der Waals surface area contributed by atoms with Crippen molar-refractivity contribution in [1.82, 2.24) is 19.5 Å². The standard InChI is InChI=1S/C51H30N4O2/c1-3-13-31(14-4-1)49-52-50(33-23-25-38-37-18-8-11-21-44(37)56-46(38)29-33)54-51(53-49)34-28-40(48-39-19-9-12-22-45(39)57-47(48)30-34)32-24-26-43-41(27-32)36-17-7-10-20-42(36)55(43)35-15-5-2-6-16-35/h1-30H. The summed E-state index contributed by atoms with van der Waals surface area (Å²) in [5.74, 6) is 1.69. The van der Waals surface area contributed by atoms with E-state index in [4.69, 9.17) is 23.8 Å². The van der Waals surface area contributed by atoms with E-state index in [0.717, 1.165) is 88.4 Å². The third-order valence-corrected chi connectivity index (χ3v) is 11.0. The number of fused-ring (bicyclic) bond motifs is 9. The average molecular weight is 731 g/mol. The lowest BCUT2D eigenvalue weighted by Crippen LogP contribution is -2.00. The van der Waals surface area contributed by atoms with Crippen molar-refractivity contribution in [2.24, 2.45) is 0 Å². The molecule has 0 saturated carbocycles. The predicted molar refractivity (Wildman–Crippen MR) is 230 cm³/mol. The van der Waals surface area contributed by atoms with E-state index in [1.165, 1.54) is 10.8 Å². The number of nitrogens with zero attached hydrogens (tertiary/aromatic N) is 4. The van der Waals surface area contributed by atoms with Crippen molar-refractivity contribution in [3.63, 3.8) is 0 Å². The molecule has 0 aliphatic rings. The Labute approximate surface area is 325 Å². The molecule has 8 aromatic carbocycles. The second kappa shape index (κ2) is 12.3. The van der Waals surface area contributed by atoms with Gasteiger partial charge in [0, 0.05) is 54.7 Å². The number of para-hydroxylation sites is 4. The Hall–Kier alpha value is -7.83. The first-order valence-corrected chi connectivity index (χ1v) is 19.0. The second-order valence-electron chi connectivity index (χ2n) is 14.4. The molecule has 0 fully saturated rings. The van der Waals surface area contributed by atoms with E-state index in [9.17, 15) is 0 Å². The monoisotopic (exact) mass is 730 g/mol. The summed E-state index contributed by atoms with van der Waals surface area (Å²) >= 11 is 0.